The highest BCUT2D eigenvalue weighted by atomic mass is 32.2. The number of anilines is 1. The van der Waals surface area contributed by atoms with Crippen LogP contribution in [-0.2, 0) is 10.0 Å². The highest BCUT2D eigenvalue weighted by Crippen LogP contribution is 2.21. The monoisotopic (exact) mass is 345 g/mol. The van der Waals surface area contributed by atoms with Crippen molar-refractivity contribution >= 4 is 15.7 Å². The fourth-order valence-corrected chi connectivity index (χ4v) is 4.11. The second-order valence-corrected chi connectivity index (χ2v) is 7.44. The molecule has 7 heteroatoms. The first-order valence-corrected chi connectivity index (χ1v) is 8.95. The molecule has 3 rings (SSSR count). The Hall–Kier alpha value is -2.43. The molecule has 0 radical (unpaired) electrons. The molecule has 1 aliphatic rings. The molecule has 2 aromatic rings. The van der Waals surface area contributed by atoms with Crippen molar-refractivity contribution in [3.63, 3.8) is 0 Å². The molecule has 2 aromatic carbocycles. The maximum Gasteiger partial charge on any atom is 0.243 e. The number of piperazine rings is 1. The van der Waals surface area contributed by atoms with Crippen molar-refractivity contribution in [3.05, 3.63) is 59.9 Å². The maximum atomic E-state index is 13.0. The lowest BCUT2D eigenvalue weighted by atomic mass is 10.2. The van der Waals surface area contributed by atoms with Crippen LogP contribution in [0.25, 0.3) is 0 Å². The average Bonchev–Trinajstić information content (AvgIpc) is 2.62. The van der Waals surface area contributed by atoms with Gasteiger partial charge in [-0.05, 0) is 48.5 Å². The third-order valence-corrected chi connectivity index (χ3v) is 5.96. The molecule has 0 aliphatic carbocycles. The van der Waals surface area contributed by atoms with Crippen LogP contribution < -0.4 is 4.90 Å². The van der Waals surface area contributed by atoms with Crippen LogP contribution >= 0.6 is 0 Å². The number of nitriles is 1. The topological polar surface area (TPSA) is 64.4 Å². The number of halogens is 1. The molecule has 0 spiro atoms. The smallest absolute Gasteiger partial charge is 0.243 e. The van der Waals surface area contributed by atoms with Gasteiger partial charge in [0.05, 0.1) is 16.5 Å². The molecule has 1 fully saturated rings. The SMILES string of the molecule is N#Cc1ccc(N2CCN(S(=O)(=O)c3ccc(F)cc3)CC2)cc1. The van der Waals surface area contributed by atoms with Gasteiger partial charge in [-0.15, -0.1) is 0 Å². The summed E-state index contributed by atoms with van der Waals surface area (Å²) in [5.41, 5.74) is 1.56. The summed E-state index contributed by atoms with van der Waals surface area (Å²) in [5, 5.41) is 8.83. The molecule has 0 N–H and O–H groups in total. The fraction of sp³-hybridized carbons (Fsp3) is 0.235. The van der Waals surface area contributed by atoms with Gasteiger partial charge in [-0.1, -0.05) is 0 Å². The summed E-state index contributed by atoms with van der Waals surface area (Å²) in [6, 6.07) is 14.2. The van der Waals surface area contributed by atoms with E-state index >= 15 is 0 Å². The van der Waals surface area contributed by atoms with Crippen LogP contribution in [0.3, 0.4) is 0 Å². The van der Waals surface area contributed by atoms with Crippen LogP contribution in [-0.4, -0.2) is 38.9 Å². The van der Waals surface area contributed by atoms with Crippen molar-refractivity contribution in [2.75, 3.05) is 31.1 Å². The van der Waals surface area contributed by atoms with Gasteiger partial charge in [0, 0.05) is 31.9 Å². The molecule has 1 saturated heterocycles. The van der Waals surface area contributed by atoms with Crippen LogP contribution in [0.4, 0.5) is 10.1 Å². The molecule has 1 aliphatic heterocycles. The van der Waals surface area contributed by atoms with E-state index in [0.29, 0.717) is 31.7 Å². The molecule has 24 heavy (non-hydrogen) atoms. The number of rotatable bonds is 3. The van der Waals surface area contributed by atoms with E-state index in [4.69, 9.17) is 5.26 Å². The highest BCUT2D eigenvalue weighted by Gasteiger charge is 2.28. The van der Waals surface area contributed by atoms with Gasteiger partial charge in [-0.25, -0.2) is 12.8 Å². The first-order chi connectivity index (χ1) is 11.5. The minimum Gasteiger partial charge on any atom is -0.369 e. The van der Waals surface area contributed by atoms with Gasteiger partial charge in [0.1, 0.15) is 5.82 Å². The van der Waals surface area contributed by atoms with Crippen molar-refractivity contribution in [2.45, 2.75) is 4.90 Å². The largest absolute Gasteiger partial charge is 0.369 e. The Morgan fingerprint density at radius 3 is 2.04 bits per heavy atom. The lowest BCUT2D eigenvalue weighted by Crippen LogP contribution is -2.48. The summed E-state index contributed by atoms with van der Waals surface area (Å²) in [6.45, 7) is 1.85. The van der Waals surface area contributed by atoms with E-state index in [1.807, 2.05) is 12.1 Å². The molecule has 1 heterocycles. The second-order valence-electron chi connectivity index (χ2n) is 5.50. The molecule has 5 nitrogen and oxygen atoms in total. The van der Waals surface area contributed by atoms with E-state index < -0.39 is 15.8 Å². The first kappa shape index (κ1) is 16.4. The van der Waals surface area contributed by atoms with Crippen LogP contribution in [0.15, 0.2) is 53.4 Å². The van der Waals surface area contributed by atoms with Gasteiger partial charge in [0.2, 0.25) is 10.0 Å². The first-order valence-electron chi connectivity index (χ1n) is 7.51. The molecule has 0 atom stereocenters. The molecule has 0 saturated carbocycles. The number of benzene rings is 2. The van der Waals surface area contributed by atoms with E-state index in [9.17, 15) is 12.8 Å². The zero-order chi connectivity index (χ0) is 17.2. The summed E-state index contributed by atoms with van der Waals surface area (Å²) in [5.74, 6) is -0.459. The van der Waals surface area contributed by atoms with Crippen molar-refractivity contribution in [1.29, 1.82) is 5.26 Å². The van der Waals surface area contributed by atoms with E-state index in [-0.39, 0.29) is 4.90 Å². The molecule has 0 amide bonds. The predicted molar refractivity (Wildman–Crippen MR) is 88.5 cm³/mol. The molecule has 0 bridgehead atoms. The van der Waals surface area contributed by atoms with Crippen molar-refractivity contribution < 1.29 is 12.8 Å². The Morgan fingerprint density at radius 1 is 0.917 bits per heavy atom. The van der Waals surface area contributed by atoms with Crippen LogP contribution in [0.1, 0.15) is 5.56 Å². The molecular weight excluding hydrogens is 329 g/mol. The highest BCUT2D eigenvalue weighted by molar-refractivity contribution is 7.89. The molecule has 0 aromatic heterocycles. The summed E-state index contributed by atoms with van der Waals surface area (Å²) in [4.78, 5) is 2.19. The number of hydrogen-bond acceptors (Lipinski definition) is 4. The number of hydrogen-bond donors (Lipinski definition) is 0. The van der Waals surface area contributed by atoms with Crippen LogP contribution in [0.5, 0.6) is 0 Å². The van der Waals surface area contributed by atoms with Crippen LogP contribution in [0.2, 0.25) is 0 Å². The minimum absolute atomic E-state index is 0.107. The summed E-state index contributed by atoms with van der Waals surface area (Å²) < 4.78 is 39.5. The standard InChI is InChI=1S/C17H16FN3O2S/c18-15-3-7-17(8-4-15)24(22,23)21-11-9-20(10-12-21)16-5-1-14(13-19)2-6-16/h1-8H,9-12H2. The Kier molecular flexibility index (Phi) is 4.51. The van der Waals surface area contributed by atoms with Gasteiger partial charge >= 0.3 is 0 Å². The average molecular weight is 345 g/mol. The number of sulfonamides is 1. The Labute approximate surface area is 140 Å². The minimum atomic E-state index is -3.60. The second kappa shape index (κ2) is 6.59. The number of nitrogens with zero attached hydrogens (tertiary/aromatic N) is 3. The van der Waals surface area contributed by atoms with Gasteiger partial charge in [-0.2, -0.15) is 9.57 Å². The Morgan fingerprint density at radius 2 is 1.50 bits per heavy atom. The van der Waals surface area contributed by atoms with Gasteiger partial charge < -0.3 is 4.90 Å². The van der Waals surface area contributed by atoms with Crippen molar-refractivity contribution in [1.82, 2.24) is 4.31 Å². The fourth-order valence-electron chi connectivity index (χ4n) is 2.69. The summed E-state index contributed by atoms with van der Waals surface area (Å²) >= 11 is 0. The molecule has 124 valence electrons. The molecular formula is C17H16FN3O2S. The van der Waals surface area contributed by atoms with E-state index in [1.165, 1.54) is 16.4 Å². The predicted octanol–water partition coefficient (Wildman–Crippen LogP) is 2.21. The zero-order valence-corrected chi connectivity index (χ0v) is 13.7. The third kappa shape index (κ3) is 3.25. The normalized spacial score (nSPS) is 15.9. The van der Waals surface area contributed by atoms with Gasteiger partial charge in [-0.3, -0.25) is 0 Å². The maximum absolute atomic E-state index is 13.0. The lowest BCUT2D eigenvalue weighted by molar-refractivity contribution is 0.385. The Bertz CT molecular complexity index is 850. The van der Waals surface area contributed by atoms with Crippen LogP contribution in [0, 0.1) is 17.1 Å². The zero-order valence-electron chi connectivity index (χ0n) is 12.9. The van der Waals surface area contributed by atoms with Gasteiger partial charge in [0.25, 0.3) is 0 Å². The Balaban J connectivity index is 1.70. The summed E-state index contributed by atoms with van der Waals surface area (Å²) in [6.07, 6.45) is 0. The molecule has 0 unspecified atom stereocenters. The van der Waals surface area contributed by atoms with Crippen molar-refractivity contribution in [2.24, 2.45) is 0 Å². The van der Waals surface area contributed by atoms with Crippen molar-refractivity contribution in [3.8, 4) is 6.07 Å². The van der Waals surface area contributed by atoms with Gasteiger partial charge in [0.15, 0.2) is 0 Å². The summed E-state index contributed by atoms with van der Waals surface area (Å²) in [7, 11) is -3.60. The van der Waals surface area contributed by atoms with E-state index in [0.717, 1.165) is 17.8 Å². The third-order valence-electron chi connectivity index (χ3n) is 4.05. The van der Waals surface area contributed by atoms with E-state index in [2.05, 4.69) is 11.0 Å². The quantitative estimate of drug-likeness (QED) is 0.855. The lowest BCUT2D eigenvalue weighted by Gasteiger charge is -2.35. The van der Waals surface area contributed by atoms with E-state index in [1.54, 1.807) is 12.1 Å².